The minimum absolute atomic E-state index is 0.0424. The van der Waals surface area contributed by atoms with Crippen LogP contribution >= 0.6 is 12.2 Å². The maximum absolute atomic E-state index is 11.8. The first-order chi connectivity index (χ1) is 8.38. The summed E-state index contributed by atoms with van der Waals surface area (Å²) in [4.78, 5) is 4.12. The summed E-state index contributed by atoms with van der Waals surface area (Å²) in [5.41, 5.74) is 7.08. The van der Waals surface area contributed by atoms with Crippen LogP contribution in [0.2, 0.25) is 0 Å². The number of nitrogens with zero attached hydrogens (tertiary/aromatic N) is 1. The van der Waals surface area contributed by atoms with Gasteiger partial charge >= 0.3 is 0 Å². The number of thiocarbonyl (C=S) groups is 1. The van der Waals surface area contributed by atoms with Gasteiger partial charge in [0.05, 0.1) is 17.2 Å². The van der Waals surface area contributed by atoms with Crippen molar-refractivity contribution in [3.63, 3.8) is 0 Å². The first kappa shape index (κ1) is 15.0. The molecule has 0 aromatic carbocycles. The molecule has 0 spiro atoms. The van der Waals surface area contributed by atoms with Gasteiger partial charge in [0.1, 0.15) is 5.25 Å². The van der Waals surface area contributed by atoms with Crippen molar-refractivity contribution in [2.45, 2.75) is 32.1 Å². The molecule has 0 fully saturated rings. The van der Waals surface area contributed by atoms with Crippen molar-refractivity contribution < 1.29 is 8.42 Å². The van der Waals surface area contributed by atoms with Crippen LogP contribution in [0.25, 0.3) is 0 Å². The molecule has 1 unspecified atom stereocenters. The molecule has 1 rings (SSSR count). The van der Waals surface area contributed by atoms with Crippen LogP contribution in [0.3, 0.4) is 0 Å². The lowest BCUT2D eigenvalue weighted by Gasteiger charge is -2.13. The van der Waals surface area contributed by atoms with Gasteiger partial charge in [-0.05, 0) is 25.0 Å². The number of hydrogen-bond donors (Lipinski definition) is 2. The predicted octanol–water partition coefficient (Wildman–Crippen LogP) is 0.738. The molecular formula is C11H17N3O2S2. The topological polar surface area (TPSA) is 85.1 Å². The number of sulfonamides is 1. The van der Waals surface area contributed by atoms with Crippen LogP contribution in [-0.4, -0.2) is 23.6 Å². The third-order valence-electron chi connectivity index (χ3n) is 2.67. The lowest BCUT2D eigenvalue weighted by atomic mass is 10.1. The van der Waals surface area contributed by atoms with E-state index < -0.39 is 15.3 Å². The number of aryl methyl sites for hydroxylation is 1. The quantitative estimate of drug-likeness (QED) is 0.754. The molecule has 1 aromatic heterocycles. The molecule has 0 radical (unpaired) electrons. The van der Waals surface area contributed by atoms with Gasteiger partial charge in [-0.15, -0.1) is 0 Å². The van der Waals surface area contributed by atoms with E-state index in [1.165, 1.54) is 6.92 Å². The lowest BCUT2D eigenvalue weighted by Crippen LogP contribution is -2.39. The normalized spacial score (nSPS) is 13.2. The molecular weight excluding hydrogens is 270 g/mol. The fraction of sp³-hybridized carbons (Fsp3) is 0.455. The van der Waals surface area contributed by atoms with Gasteiger partial charge in [0.25, 0.3) is 0 Å². The molecule has 3 N–H and O–H groups in total. The molecule has 100 valence electrons. The Morgan fingerprint density at radius 2 is 2.28 bits per heavy atom. The van der Waals surface area contributed by atoms with Crippen molar-refractivity contribution in [2.24, 2.45) is 5.73 Å². The summed E-state index contributed by atoms with van der Waals surface area (Å²) in [6.45, 7) is 3.61. The van der Waals surface area contributed by atoms with Crippen LogP contribution in [0.15, 0.2) is 18.3 Å². The maximum atomic E-state index is 11.8. The number of rotatable bonds is 6. The van der Waals surface area contributed by atoms with Gasteiger partial charge in [-0.3, -0.25) is 4.98 Å². The van der Waals surface area contributed by atoms with Crippen LogP contribution in [0.5, 0.6) is 0 Å². The van der Waals surface area contributed by atoms with E-state index in [4.69, 9.17) is 5.73 Å². The van der Waals surface area contributed by atoms with E-state index in [0.29, 0.717) is 0 Å². The van der Waals surface area contributed by atoms with Gasteiger partial charge in [-0.2, -0.15) is 0 Å². The summed E-state index contributed by atoms with van der Waals surface area (Å²) >= 11 is 4.69. The van der Waals surface area contributed by atoms with Crippen molar-refractivity contribution in [3.8, 4) is 0 Å². The maximum Gasteiger partial charge on any atom is 0.221 e. The molecule has 0 bridgehead atoms. The SMILES string of the molecule is CCc1cccnc1CNS(=O)(=O)C(C)C(N)=S. The van der Waals surface area contributed by atoms with Gasteiger partial charge in [-0.1, -0.05) is 25.2 Å². The molecule has 18 heavy (non-hydrogen) atoms. The Balaban J connectivity index is 2.79. The molecule has 0 aliphatic heterocycles. The Bertz CT molecular complexity index is 529. The highest BCUT2D eigenvalue weighted by molar-refractivity contribution is 7.93. The van der Waals surface area contributed by atoms with Crippen LogP contribution in [0.4, 0.5) is 0 Å². The average Bonchev–Trinajstić information content (AvgIpc) is 2.35. The summed E-state index contributed by atoms with van der Waals surface area (Å²) in [6, 6.07) is 3.75. The van der Waals surface area contributed by atoms with Crippen molar-refractivity contribution in [1.29, 1.82) is 0 Å². The first-order valence-electron chi connectivity index (χ1n) is 5.59. The van der Waals surface area contributed by atoms with Crippen LogP contribution in [-0.2, 0) is 23.0 Å². The summed E-state index contributed by atoms with van der Waals surface area (Å²) < 4.78 is 26.2. The van der Waals surface area contributed by atoms with Gasteiger partial charge in [-0.25, -0.2) is 13.1 Å². The standard InChI is InChI=1S/C11H17N3O2S2/c1-3-9-5-4-6-13-10(9)7-14-18(15,16)8(2)11(12)17/h4-6,8,14H,3,7H2,1-2H3,(H2,12,17). The second-order valence-electron chi connectivity index (χ2n) is 3.87. The van der Waals surface area contributed by atoms with E-state index in [2.05, 4.69) is 21.9 Å². The van der Waals surface area contributed by atoms with Crippen molar-refractivity contribution in [2.75, 3.05) is 0 Å². The summed E-state index contributed by atoms with van der Waals surface area (Å²) in [7, 11) is -3.54. The molecule has 0 aliphatic rings. The van der Waals surface area contributed by atoms with E-state index in [9.17, 15) is 8.42 Å². The smallest absolute Gasteiger partial charge is 0.221 e. The Morgan fingerprint density at radius 3 is 2.83 bits per heavy atom. The zero-order valence-electron chi connectivity index (χ0n) is 10.4. The number of aromatic nitrogens is 1. The van der Waals surface area contributed by atoms with E-state index in [1.54, 1.807) is 6.20 Å². The Kier molecular flexibility index (Phi) is 5.18. The largest absolute Gasteiger partial charge is 0.392 e. The zero-order valence-corrected chi connectivity index (χ0v) is 12.0. The Hall–Kier alpha value is -1.05. The van der Waals surface area contributed by atoms with Gasteiger partial charge in [0.15, 0.2) is 0 Å². The van der Waals surface area contributed by atoms with Crippen molar-refractivity contribution in [1.82, 2.24) is 9.71 Å². The lowest BCUT2D eigenvalue weighted by molar-refractivity contribution is 0.577. The summed E-state index contributed by atoms with van der Waals surface area (Å²) in [6.07, 6.45) is 2.44. The third kappa shape index (κ3) is 3.72. The average molecular weight is 287 g/mol. The van der Waals surface area contributed by atoms with Crippen LogP contribution in [0.1, 0.15) is 25.1 Å². The number of nitrogens with one attached hydrogen (secondary N) is 1. The molecule has 0 amide bonds. The van der Waals surface area contributed by atoms with E-state index >= 15 is 0 Å². The van der Waals surface area contributed by atoms with E-state index in [1.807, 2.05) is 19.1 Å². The fourth-order valence-electron chi connectivity index (χ4n) is 1.40. The van der Waals surface area contributed by atoms with E-state index in [-0.39, 0.29) is 11.5 Å². The molecule has 0 saturated carbocycles. The molecule has 5 nitrogen and oxygen atoms in total. The third-order valence-corrected chi connectivity index (χ3v) is 4.91. The van der Waals surface area contributed by atoms with Gasteiger partial charge in [0.2, 0.25) is 10.0 Å². The number of pyridine rings is 1. The minimum Gasteiger partial charge on any atom is -0.392 e. The highest BCUT2D eigenvalue weighted by Crippen LogP contribution is 2.07. The molecule has 7 heteroatoms. The second-order valence-corrected chi connectivity index (χ2v) is 6.43. The molecule has 0 saturated heterocycles. The van der Waals surface area contributed by atoms with Gasteiger partial charge < -0.3 is 5.73 Å². The predicted molar refractivity (Wildman–Crippen MR) is 75.6 cm³/mol. The molecule has 1 atom stereocenters. The minimum atomic E-state index is -3.54. The summed E-state index contributed by atoms with van der Waals surface area (Å²) in [5.74, 6) is 0. The van der Waals surface area contributed by atoms with Crippen LogP contribution in [0, 0.1) is 0 Å². The molecule has 0 aliphatic carbocycles. The van der Waals surface area contributed by atoms with Crippen molar-refractivity contribution in [3.05, 3.63) is 29.6 Å². The second kappa shape index (κ2) is 6.21. The van der Waals surface area contributed by atoms with Crippen LogP contribution < -0.4 is 10.5 Å². The Labute approximate surface area is 113 Å². The molecule has 1 heterocycles. The van der Waals surface area contributed by atoms with E-state index in [0.717, 1.165) is 17.7 Å². The first-order valence-corrected chi connectivity index (χ1v) is 7.54. The summed E-state index contributed by atoms with van der Waals surface area (Å²) in [5, 5.41) is -0.888. The highest BCUT2D eigenvalue weighted by Gasteiger charge is 2.23. The zero-order chi connectivity index (χ0) is 13.8. The Morgan fingerprint density at radius 1 is 1.61 bits per heavy atom. The number of nitrogens with two attached hydrogens (primary N) is 1. The molecule has 1 aromatic rings. The fourth-order valence-corrected chi connectivity index (χ4v) is 2.67. The van der Waals surface area contributed by atoms with Gasteiger partial charge in [0, 0.05) is 6.20 Å². The monoisotopic (exact) mass is 287 g/mol. The highest BCUT2D eigenvalue weighted by atomic mass is 32.2. The number of hydrogen-bond acceptors (Lipinski definition) is 4. The van der Waals surface area contributed by atoms with Crippen molar-refractivity contribution >= 4 is 27.2 Å².